The molecule has 0 saturated carbocycles. The smallest absolute Gasteiger partial charge is 0.372 e. The van der Waals surface area contributed by atoms with Crippen molar-refractivity contribution in [1.29, 1.82) is 0 Å². The molecule has 1 aliphatic heterocycles. The molecule has 20 heavy (non-hydrogen) atoms. The van der Waals surface area contributed by atoms with Crippen LogP contribution in [0.25, 0.3) is 0 Å². The number of carboxylic acids is 1. The number of carboxylic acid groups (broad SMARTS) is 1. The van der Waals surface area contributed by atoms with E-state index in [1.165, 1.54) is 12.0 Å². The topological polar surface area (TPSA) is 139 Å². The molecule has 0 aliphatic carbocycles. The molecule has 1 aromatic rings. The summed E-state index contributed by atoms with van der Waals surface area (Å²) in [5.74, 6) is -1.62. The van der Waals surface area contributed by atoms with Gasteiger partial charge < -0.3 is 19.8 Å². The summed E-state index contributed by atoms with van der Waals surface area (Å²) >= 11 is 0. The number of nitrogens with zero attached hydrogens (tertiary/aromatic N) is 4. The molecule has 2 rings (SSSR count). The Kier molecular flexibility index (Phi) is 3.66. The van der Waals surface area contributed by atoms with E-state index in [4.69, 9.17) is 9.84 Å². The van der Waals surface area contributed by atoms with E-state index in [-0.39, 0.29) is 24.7 Å². The van der Waals surface area contributed by atoms with Crippen molar-refractivity contribution in [1.82, 2.24) is 9.97 Å². The number of ether oxygens (including phenoxy) is 1. The lowest BCUT2D eigenvalue weighted by Crippen LogP contribution is -2.37. The maximum Gasteiger partial charge on any atom is 0.372 e. The number of aliphatic carboxylic acids is 1. The summed E-state index contributed by atoms with van der Waals surface area (Å²) in [5.41, 5.74) is -0.518. The van der Waals surface area contributed by atoms with Gasteiger partial charge >= 0.3 is 11.7 Å². The molecular weight excluding hydrogens is 272 g/mol. The molecule has 0 aromatic carbocycles. The first-order valence-electron chi connectivity index (χ1n) is 5.66. The van der Waals surface area contributed by atoms with Gasteiger partial charge in [0.05, 0.1) is 18.1 Å². The molecule has 1 aliphatic rings. The first-order chi connectivity index (χ1) is 9.45. The quantitative estimate of drug-likeness (QED) is 0.548. The van der Waals surface area contributed by atoms with Gasteiger partial charge in [0, 0.05) is 13.0 Å². The van der Waals surface area contributed by atoms with Gasteiger partial charge in [0.1, 0.15) is 12.4 Å². The number of rotatable bonds is 4. The van der Waals surface area contributed by atoms with Crippen LogP contribution in [0.1, 0.15) is 6.42 Å². The highest BCUT2D eigenvalue weighted by Crippen LogP contribution is 2.36. The lowest BCUT2D eigenvalue weighted by molar-refractivity contribution is -0.385. The predicted molar refractivity (Wildman–Crippen MR) is 64.6 cm³/mol. The highest BCUT2D eigenvalue weighted by molar-refractivity contribution is 5.80. The third-order valence-corrected chi connectivity index (χ3v) is 2.98. The average Bonchev–Trinajstić information content (AvgIpc) is 2.79. The van der Waals surface area contributed by atoms with Crippen LogP contribution < -0.4 is 9.64 Å². The van der Waals surface area contributed by atoms with Crippen LogP contribution in [0.4, 0.5) is 11.5 Å². The number of hydrogen-bond donors (Lipinski definition) is 2. The molecule has 10 heteroatoms. The summed E-state index contributed by atoms with van der Waals surface area (Å²) in [7, 11) is 1.21. The Morgan fingerprint density at radius 1 is 1.60 bits per heavy atom. The predicted octanol–water partition coefficient (Wildman–Crippen LogP) is -0.582. The van der Waals surface area contributed by atoms with Crippen molar-refractivity contribution < 1.29 is 24.7 Å². The van der Waals surface area contributed by atoms with Crippen LogP contribution in [-0.4, -0.2) is 56.9 Å². The zero-order valence-corrected chi connectivity index (χ0v) is 10.5. The van der Waals surface area contributed by atoms with Gasteiger partial charge in [-0.05, 0) is 0 Å². The van der Waals surface area contributed by atoms with Gasteiger partial charge in [-0.3, -0.25) is 10.1 Å². The van der Waals surface area contributed by atoms with Crippen molar-refractivity contribution in [2.24, 2.45) is 0 Å². The van der Waals surface area contributed by atoms with E-state index >= 15 is 0 Å². The van der Waals surface area contributed by atoms with Crippen molar-refractivity contribution in [3.63, 3.8) is 0 Å². The summed E-state index contributed by atoms with van der Waals surface area (Å²) in [4.78, 5) is 30.1. The maximum absolute atomic E-state index is 11.2. The number of methoxy groups -OCH3 is 1. The van der Waals surface area contributed by atoms with Crippen LogP contribution in [0, 0.1) is 10.1 Å². The van der Waals surface area contributed by atoms with Gasteiger partial charge in [-0.2, -0.15) is 4.98 Å². The van der Waals surface area contributed by atoms with Crippen LogP contribution in [0.15, 0.2) is 6.33 Å². The largest absolute Gasteiger partial charge is 0.480 e. The molecule has 2 atom stereocenters. The van der Waals surface area contributed by atoms with Crippen LogP contribution in [-0.2, 0) is 4.79 Å². The van der Waals surface area contributed by atoms with E-state index in [2.05, 4.69) is 9.97 Å². The minimum atomic E-state index is -1.19. The Morgan fingerprint density at radius 2 is 2.30 bits per heavy atom. The zero-order chi connectivity index (χ0) is 14.9. The molecule has 1 aromatic heterocycles. The van der Waals surface area contributed by atoms with Crippen molar-refractivity contribution in [3.05, 3.63) is 16.4 Å². The van der Waals surface area contributed by atoms with Crippen LogP contribution >= 0.6 is 0 Å². The molecule has 108 valence electrons. The number of aromatic nitrogens is 2. The fraction of sp³-hybridized carbons (Fsp3) is 0.500. The van der Waals surface area contributed by atoms with Crippen LogP contribution in [0.2, 0.25) is 0 Å². The van der Waals surface area contributed by atoms with E-state index < -0.39 is 28.7 Å². The molecule has 1 fully saturated rings. The molecule has 0 amide bonds. The molecule has 0 spiro atoms. The highest BCUT2D eigenvalue weighted by atomic mass is 16.6. The van der Waals surface area contributed by atoms with E-state index in [1.54, 1.807) is 0 Å². The summed E-state index contributed by atoms with van der Waals surface area (Å²) < 4.78 is 4.80. The van der Waals surface area contributed by atoms with Gasteiger partial charge in [0.2, 0.25) is 5.82 Å². The number of anilines is 1. The van der Waals surface area contributed by atoms with E-state index in [1.807, 2.05) is 0 Å². The SMILES string of the molecule is COc1ncnc(N2CC(O)CC2C(=O)O)c1[N+](=O)[O-]. The normalized spacial score (nSPS) is 21.8. The van der Waals surface area contributed by atoms with Crippen LogP contribution in [0.5, 0.6) is 5.88 Å². The number of hydrogen-bond acceptors (Lipinski definition) is 8. The molecule has 1 saturated heterocycles. The number of carbonyl (C=O) groups is 1. The number of β-amino-alcohol motifs (C(OH)–C–C–N with tert-alkyl or cyclic N) is 1. The van der Waals surface area contributed by atoms with Crippen molar-refractivity contribution in [3.8, 4) is 5.88 Å². The Morgan fingerprint density at radius 3 is 2.85 bits per heavy atom. The van der Waals surface area contributed by atoms with Crippen molar-refractivity contribution in [2.45, 2.75) is 18.6 Å². The van der Waals surface area contributed by atoms with Gasteiger partial charge in [0.15, 0.2) is 0 Å². The molecule has 2 heterocycles. The Bertz CT molecular complexity index is 551. The van der Waals surface area contributed by atoms with E-state index in [9.17, 15) is 20.0 Å². The van der Waals surface area contributed by atoms with Gasteiger partial charge in [-0.1, -0.05) is 0 Å². The second kappa shape index (κ2) is 5.25. The summed E-state index contributed by atoms with van der Waals surface area (Å²) in [6.07, 6.45) is 0.125. The first kappa shape index (κ1) is 13.9. The lowest BCUT2D eigenvalue weighted by Gasteiger charge is -2.21. The molecule has 2 N–H and O–H groups in total. The number of aliphatic hydroxyl groups is 1. The minimum absolute atomic E-state index is 0.0290. The average molecular weight is 284 g/mol. The third-order valence-electron chi connectivity index (χ3n) is 2.98. The molecule has 0 radical (unpaired) electrons. The zero-order valence-electron chi connectivity index (χ0n) is 10.5. The molecule has 10 nitrogen and oxygen atoms in total. The van der Waals surface area contributed by atoms with Gasteiger partial charge in [0.25, 0.3) is 5.88 Å². The Hall–Kier alpha value is -2.49. The van der Waals surface area contributed by atoms with E-state index in [0.29, 0.717) is 0 Å². The Balaban J connectivity index is 2.51. The van der Waals surface area contributed by atoms with E-state index in [0.717, 1.165) is 6.33 Å². The fourth-order valence-corrected chi connectivity index (χ4v) is 2.16. The first-order valence-corrected chi connectivity index (χ1v) is 5.66. The standard InChI is InChI=1S/C10H12N4O6/c1-20-9-7(14(18)19)8(11-4-12-9)13-3-5(15)2-6(13)10(16)17/h4-6,15H,2-3H2,1H3,(H,16,17). The molecular formula is C10H12N4O6. The number of nitro groups is 1. The summed E-state index contributed by atoms with van der Waals surface area (Å²) in [5, 5.41) is 29.8. The third kappa shape index (κ3) is 2.32. The second-order valence-electron chi connectivity index (χ2n) is 4.21. The van der Waals surface area contributed by atoms with Gasteiger partial charge in [-0.15, -0.1) is 0 Å². The maximum atomic E-state index is 11.2. The monoisotopic (exact) mass is 284 g/mol. The lowest BCUT2D eigenvalue weighted by atomic mass is 10.2. The number of aliphatic hydroxyl groups excluding tert-OH is 1. The van der Waals surface area contributed by atoms with Crippen LogP contribution in [0.3, 0.4) is 0 Å². The summed E-state index contributed by atoms with van der Waals surface area (Å²) in [6.45, 7) is -0.0576. The fourth-order valence-electron chi connectivity index (χ4n) is 2.16. The summed E-state index contributed by atoms with van der Waals surface area (Å²) in [6, 6.07) is -1.08. The molecule has 2 unspecified atom stereocenters. The van der Waals surface area contributed by atoms with Gasteiger partial charge in [-0.25, -0.2) is 9.78 Å². The Labute approximate surface area is 112 Å². The second-order valence-corrected chi connectivity index (χ2v) is 4.21. The highest BCUT2D eigenvalue weighted by Gasteiger charge is 2.41. The van der Waals surface area contributed by atoms with Crippen molar-refractivity contribution >= 4 is 17.5 Å². The van der Waals surface area contributed by atoms with Crippen molar-refractivity contribution in [2.75, 3.05) is 18.6 Å². The minimum Gasteiger partial charge on any atom is -0.480 e. The molecule has 0 bridgehead atoms.